The highest BCUT2D eigenvalue weighted by molar-refractivity contribution is 6.17. The Morgan fingerprint density at radius 1 is 1.25 bits per heavy atom. The van der Waals surface area contributed by atoms with Gasteiger partial charge in [0.2, 0.25) is 0 Å². The normalized spacial score (nSPS) is 11.6. The zero-order valence-corrected chi connectivity index (χ0v) is 12.6. The minimum absolute atomic E-state index is 0.554. The summed E-state index contributed by atoms with van der Waals surface area (Å²) >= 11 is 5.89. The summed E-state index contributed by atoms with van der Waals surface area (Å²) in [6.07, 6.45) is 2.68. The van der Waals surface area contributed by atoms with Gasteiger partial charge in [0, 0.05) is 32.6 Å². The van der Waals surface area contributed by atoms with Crippen molar-refractivity contribution < 1.29 is 0 Å². The maximum Gasteiger partial charge on any atom is 0.159 e. The van der Waals surface area contributed by atoms with Crippen LogP contribution in [0.2, 0.25) is 0 Å². The fourth-order valence-electron chi connectivity index (χ4n) is 2.53. The van der Waals surface area contributed by atoms with Crippen LogP contribution in [-0.2, 0) is 27.1 Å². The minimum Gasteiger partial charge on any atom is -0.307 e. The van der Waals surface area contributed by atoms with E-state index in [0.717, 1.165) is 34.8 Å². The van der Waals surface area contributed by atoms with Crippen molar-refractivity contribution in [2.24, 2.45) is 14.1 Å². The first-order valence-electron chi connectivity index (χ1n) is 6.53. The Kier molecular flexibility index (Phi) is 3.25. The van der Waals surface area contributed by atoms with Crippen LogP contribution in [-0.4, -0.2) is 35.0 Å². The molecule has 0 bridgehead atoms. The van der Waals surface area contributed by atoms with E-state index >= 15 is 0 Å². The van der Waals surface area contributed by atoms with Crippen LogP contribution in [0.15, 0.2) is 12.3 Å². The van der Waals surface area contributed by atoms with Gasteiger partial charge in [0.25, 0.3) is 0 Å². The van der Waals surface area contributed by atoms with E-state index in [9.17, 15) is 0 Å². The van der Waals surface area contributed by atoms with Crippen LogP contribution in [0.3, 0.4) is 0 Å². The molecule has 3 aromatic heterocycles. The highest BCUT2D eigenvalue weighted by Crippen LogP contribution is 2.20. The van der Waals surface area contributed by atoms with Gasteiger partial charge in [-0.15, -0.1) is 11.6 Å². The van der Waals surface area contributed by atoms with Crippen molar-refractivity contribution in [2.75, 3.05) is 5.88 Å². The second-order valence-corrected chi connectivity index (χ2v) is 5.29. The lowest BCUT2D eigenvalue weighted by Gasteiger charge is -2.07. The average molecular weight is 293 g/mol. The molecule has 106 valence electrons. The second-order valence-electron chi connectivity index (χ2n) is 4.92. The molecule has 0 unspecified atom stereocenters. The number of alkyl halides is 1. The SMILES string of the molecule is Cc1nn(C)c2c1nc(CCCl)n2Cc1ccn(C)n1. The van der Waals surface area contributed by atoms with E-state index in [2.05, 4.69) is 19.7 Å². The Bertz CT molecular complexity index is 750. The van der Waals surface area contributed by atoms with Crippen LogP contribution in [0, 0.1) is 6.92 Å². The molecule has 0 atom stereocenters. The Hall–Kier alpha value is -1.82. The largest absolute Gasteiger partial charge is 0.307 e. The summed E-state index contributed by atoms with van der Waals surface area (Å²) in [4.78, 5) is 4.69. The van der Waals surface area contributed by atoms with Crippen LogP contribution < -0.4 is 0 Å². The quantitative estimate of drug-likeness (QED) is 0.687. The lowest BCUT2D eigenvalue weighted by molar-refractivity contribution is 0.665. The molecule has 0 aliphatic heterocycles. The van der Waals surface area contributed by atoms with E-state index in [0.29, 0.717) is 12.4 Å². The van der Waals surface area contributed by atoms with Gasteiger partial charge in [0.05, 0.1) is 17.9 Å². The maximum absolute atomic E-state index is 5.89. The number of rotatable bonds is 4. The molecule has 0 aromatic carbocycles. The molecule has 0 N–H and O–H groups in total. The molecule has 7 heteroatoms. The summed E-state index contributed by atoms with van der Waals surface area (Å²) in [6.45, 7) is 2.66. The van der Waals surface area contributed by atoms with Crippen molar-refractivity contribution >= 4 is 22.8 Å². The van der Waals surface area contributed by atoms with Gasteiger partial charge in [-0.3, -0.25) is 9.36 Å². The molecular formula is C13H17ClN6. The average Bonchev–Trinajstić information content (AvgIpc) is 3.02. The second kappa shape index (κ2) is 4.94. The van der Waals surface area contributed by atoms with Crippen LogP contribution in [0.5, 0.6) is 0 Å². The van der Waals surface area contributed by atoms with Gasteiger partial charge in [0.1, 0.15) is 11.3 Å². The molecular weight excluding hydrogens is 276 g/mol. The minimum atomic E-state index is 0.554. The topological polar surface area (TPSA) is 53.5 Å². The molecule has 0 spiro atoms. The fraction of sp³-hybridized carbons (Fsp3) is 0.462. The third-order valence-corrected chi connectivity index (χ3v) is 3.57. The predicted octanol–water partition coefficient (Wildman–Crippen LogP) is 1.64. The van der Waals surface area contributed by atoms with Gasteiger partial charge < -0.3 is 4.57 Å². The molecule has 0 aliphatic carbocycles. The number of aryl methyl sites for hydroxylation is 4. The highest BCUT2D eigenvalue weighted by Gasteiger charge is 2.17. The van der Waals surface area contributed by atoms with Crippen molar-refractivity contribution in [3.05, 3.63) is 29.5 Å². The summed E-state index contributed by atoms with van der Waals surface area (Å²) in [5.41, 5.74) is 3.91. The third kappa shape index (κ3) is 2.10. The summed E-state index contributed by atoms with van der Waals surface area (Å²) < 4.78 is 5.83. The van der Waals surface area contributed by atoms with Gasteiger partial charge in [0.15, 0.2) is 5.65 Å². The van der Waals surface area contributed by atoms with E-state index in [4.69, 9.17) is 11.6 Å². The van der Waals surface area contributed by atoms with Crippen molar-refractivity contribution in [3.8, 4) is 0 Å². The first-order valence-corrected chi connectivity index (χ1v) is 7.07. The smallest absolute Gasteiger partial charge is 0.159 e. The molecule has 0 radical (unpaired) electrons. The number of aromatic nitrogens is 6. The zero-order valence-electron chi connectivity index (χ0n) is 11.8. The van der Waals surface area contributed by atoms with E-state index in [1.165, 1.54) is 0 Å². The molecule has 0 saturated carbocycles. The Morgan fingerprint density at radius 3 is 2.70 bits per heavy atom. The van der Waals surface area contributed by atoms with E-state index < -0.39 is 0 Å². The van der Waals surface area contributed by atoms with Crippen LogP contribution >= 0.6 is 11.6 Å². The van der Waals surface area contributed by atoms with Crippen LogP contribution in [0.1, 0.15) is 17.2 Å². The molecule has 3 heterocycles. The van der Waals surface area contributed by atoms with Gasteiger partial charge >= 0.3 is 0 Å². The van der Waals surface area contributed by atoms with Crippen LogP contribution in [0.25, 0.3) is 11.2 Å². The summed E-state index contributed by atoms with van der Waals surface area (Å²) in [5.74, 6) is 1.54. The van der Waals surface area contributed by atoms with Crippen molar-refractivity contribution in [1.82, 2.24) is 29.1 Å². The highest BCUT2D eigenvalue weighted by atomic mass is 35.5. The van der Waals surface area contributed by atoms with Crippen molar-refractivity contribution in [2.45, 2.75) is 19.9 Å². The zero-order chi connectivity index (χ0) is 14.3. The number of nitrogens with zero attached hydrogens (tertiary/aromatic N) is 6. The summed E-state index contributed by atoms with van der Waals surface area (Å²) in [5, 5.41) is 8.87. The monoisotopic (exact) mass is 292 g/mol. The molecule has 3 aromatic rings. The fourth-order valence-corrected chi connectivity index (χ4v) is 2.70. The van der Waals surface area contributed by atoms with Crippen LogP contribution in [0.4, 0.5) is 0 Å². The lowest BCUT2D eigenvalue weighted by atomic mass is 10.4. The molecule has 0 saturated heterocycles. The first-order chi connectivity index (χ1) is 9.60. The standard InChI is InChI=1S/C13H17ClN6/c1-9-12-13(19(3)16-9)20(11(15-12)4-6-14)8-10-5-7-18(2)17-10/h5,7H,4,6,8H2,1-3H3. The molecule has 0 aliphatic rings. The van der Waals surface area contributed by atoms with Gasteiger partial charge in [-0.25, -0.2) is 4.98 Å². The number of hydrogen-bond acceptors (Lipinski definition) is 3. The molecule has 0 fully saturated rings. The first kappa shape index (κ1) is 13.2. The summed E-state index contributed by atoms with van der Waals surface area (Å²) in [7, 11) is 3.86. The lowest BCUT2D eigenvalue weighted by Crippen LogP contribution is -2.10. The number of imidazole rings is 1. The van der Waals surface area contributed by atoms with E-state index in [1.807, 2.05) is 38.0 Å². The Labute approximate surface area is 122 Å². The molecule has 0 amide bonds. The van der Waals surface area contributed by atoms with Crippen molar-refractivity contribution in [3.63, 3.8) is 0 Å². The Balaban J connectivity index is 2.12. The molecule has 6 nitrogen and oxygen atoms in total. The molecule has 3 rings (SSSR count). The summed E-state index contributed by atoms with van der Waals surface area (Å²) in [6, 6.07) is 2.01. The third-order valence-electron chi connectivity index (χ3n) is 3.38. The Morgan fingerprint density at radius 2 is 2.05 bits per heavy atom. The number of halogens is 1. The number of hydrogen-bond donors (Lipinski definition) is 0. The van der Waals surface area contributed by atoms with E-state index in [1.54, 1.807) is 4.68 Å². The predicted molar refractivity (Wildman–Crippen MR) is 78.0 cm³/mol. The maximum atomic E-state index is 5.89. The van der Waals surface area contributed by atoms with E-state index in [-0.39, 0.29) is 0 Å². The van der Waals surface area contributed by atoms with Gasteiger partial charge in [-0.1, -0.05) is 0 Å². The number of fused-ring (bicyclic) bond motifs is 1. The van der Waals surface area contributed by atoms with Gasteiger partial charge in [-0.2, -0.15) is 10.2 Å². The van der Waals surface area contributed by atoms with Gasteiger partial charge in [-0.05, 0) is 13.0 Å². The molecule has 20 heavy (non-hydrogen) atoms. The van der Waals surface area contributed by atoms with Crippen molar-refractivity contribution in [1.29, 1.82) is 0 Å².